The lowest BCUT2D eigenvalue weighted by Gasteiger charge is -2.38. The van der Waals surface area contributed by atoms with Crippen LogP contribution in [-0.2, 0) is 16.6 Å². The highest BCUT2D eigenvalue weighted by Crippen LogP contribution is 2.35. The van der Waals surface area contributed by atoms with Gasteiger partial charge in [-0.3, -0.25) is 14.5 Å². The second-order valence-electron chi connectivity index (χ2n) is 8.27. The molecule has 2 atom stereocenters. The van der Waals surface area contributed by atoms with Gasteiger partial charge < -0.3 is 14.2 Å². The van der Waals surface area contributed by atoms with Gasteiger partial charge in [0.1, 0.15) is 18.1 Å². The highest BCUT2D eigenvalue weighted by atomic mass is 16.5. The Balaban J connectivity index is 1.45. The van der Waals surface area contributed by atoms with Crippen molar-refractivity contribution in [3.8, 4) is 5.75 Å². The summed E-state index contributed by atoms with van der Waals surface area (Å²) in [5, 5.41) is 0. The Morgan fingerprint density at radius 1 is 1.13 bits per heavy atom. The van der Waals surface area contributed by atoms with Crippen molar-refractivity contribution < 1.29 is 14.3 Å². The number of fused-ring (bicyclic) bond motifs is 2. The molecule has 2 aliphatic rings. The van der Waals surface area contributed by atoms with E-state index >= 15 is 0 Å². The molecule has 0 N–H and O–H groups in total. The summed E-state index contributed by atoms with van der Waals surface area (Å²) >= 11 is 0. The van der Waals surface area contributed by atoms with Crippen LogP contribution in [0.4, 0.5) is 5.69 Å². The van der Waals surface area contributed by atoms with Gasteiger partial charge in [-0.1, -0.05) is 24.3 Å². The number of hydrogen-bond acceptors (Lipinski definition) is 4. The van der Waals surface area contributed by atoms with Crippen molar-refractivity contribution in [1.29, 1.82) is 0 Å². The number of carbonyl (C=O) groups is 2. The molecule has 0 saturated carbocycles. The molecule has 2 aromatic carbocycles. The minimum Gasteiger partial charge on any atom is -0.479 e. The molecule has 31 heavy (non-hydrogen) atoms. The summed E-state index contributed by atoms with van der Waals surface area (Å²) in [4.78, 5) is 34.6. The predicted octanol–water partition coefficient (Wildman–Crippen LogP) is 3.44. The van der Waals surface area contributed by atoms with Gasteiger partial charge in [0.2, 0.25) is 5.91 Å². The fourth-order valence-corrected chi connectivity index (χ4v) is 4.71. The molecule has 7 heteroatoms. The Kier molecular flexibility index (Phi) is 4.88. The van der Waals surface area contributed by atoms with E-state index in [9.17, 15) is 9.59 Å². The van der Waals surface area contributed by atoms with Gasteiger partial charge in [-0.15, -0.1) is 0 Å². The zero-order valence-electron chi connectivity index (χ0n) is 17.8. The number of aryl methyl sites for hydroxylation is 1. The van der Waals surface area contributed by atoms with E-state index in [4.69, 9.17) is 9.72 Å². The van der Waals surface area contributed by atoms with Crippen LogP contribution in [-0.4, -0.2) is 45.5 Å². The molecule has 2 aliphatic heterocycles. The van der Waals surface area contributed by atoms with Crippen LogP contribution >= 0.6 is 0 Å². The van der Waals surface area contributed by atoms with E-state index in [2.05, 4.69) is 4.57 Å². The molecular weight excluding hydrogens is 392 g/mol. The third-order valence-electron chi connectivity index (χ3n) is 6.31. The zero-order chi connectivity index (χ0) is 21.5. The SMILES string of the molecule is C[C@@H]1Oc2ccccc2N(CC(=O)N2CCCC[C@H]2c2nc3ccccc3n2C)C1=O. The quantitative estimate of drug-likeness (QED) is 0.654. The smallest absolute Gasteiger partial charge is 0.268 e. The van der Waals surface area contributed by atoms with Crippen LogP contribution in [0.3, 0.4) is 0 Å². The third-order valence-corrected chi connectivity index (χ3v) is 6.31. The van der Waals surface area contributed by atoms with Crippen molar-refractivity contribution in [2.24, 2.45) is 7.05 Å². The van der Waals surface area contributed by atoms with E-state index in [0.29, 0.717) is 18.0 Å². The highest BCUT2D eigenvalue weighted by molar-refractivity contribution is 6.03. The molecule has 1 saturated heterocycles. The average Bonchev–Trinajstić information content (AvgIpc) is 3.13. The van der Waals surface area contributed by atoms with Crippen LogP contribution in [0, 0.1) is 0 Å². The minimum atomic E-state index is -0.611. The molecule has 5 rings (SSSR count). The topological polar surface area (TPSA) is 67.7 Å². The Bertz CT molecular complexity index is 1150. The summed E-state index contributed by atoms with van der Waals surface area (Å²) < 4.78 is 7.80. The van der Waals surface area contributed by atoms with Gasteiger partial charge in [-0.05, 0) is 50.5 Å². The molecule has 0 radical (unpaired) electrons. The molecule has 0 bridgehead atoms. The average molecular weight is 418 g/mol. The molecule has 0 spiro atoms. The molecule has 2 amide bonds. The molecule has 160 valence electrons. The maximum absolute atomic E-state index is 13.5. The molecule has 0 aliphatic carbocycles. The molecule has 0 unspecified atom stereocenters. The van der Waals surface area contributed by atoms with Gasteiger partial charge in [0.05, 0.1) is 22.8 Å². The molecule has 1 aromatic heterocycles. The molecule has 3 heterocycles. The largest absolute Gasteiger partial charge is 0.479 e. The standard InChI is InChI=1S/C24H26N4O3/c1-16-24(30)28(19-11-5-6-13-21(19)31-16)15-22(29)27-14-8-7-12-20(27)23-25-17-9-3-4-10-18(17)26(23)2/h3-6,9-11,13,16,20H,7-8,12,14-15H2,1-2H3/t16-,20-/m0/s1. The van der Waals surface area contributed by atoms with Gasteiger partial charge in [0.15, 0.2) is 6.10 Å². The number of piperidine rings is 1. The predicted molar refractivity (Wildman–Crippen MR) is 118 cm³/mol. The van der Waals surface area contributed by atoms with E-state index in [0.717, 1.165) is 36.1 Å². The molecular formula is C24H26N4O3. The van der Waals surface area contributed by atoms with Crippen LogP contribution in [0.1, 0.15) is 38.1 Å². The monoisotopic (exact) mass is 418 g/mol. The fraction of sp³-hybridized carbons (Fsp3) is 0.375. The molecule has 3 aromatic rings. The number of anilines is 1. The van der Waals surface area contributed by atoms with Gasteiger partial charge >= 0.3 is 0 Å². The summed E-state index contributed by atoms with van der Waals surface area (Å²) in [7, 11) is 2.01. The normalized spacial score (nSPS) is 21.2. The van der Waals surface area contributed by atoms with Crippen LogP contribution in [0.15, 0.2) is 48.5 Å². The lowest BCUT2D eigenvalue weighted by atomic mass is 10.0. The van der Waals surface area contributed by atoms with Crippen LogP contribution in [0.2, 0.25) is 0 Å². The Morgan fingerprint density at radius 2 is 1.90 bits per heavy atom. The number of para-hydroxylation sites is 4. The minimum absolute atomic E-state index is 0.00396. The number of ether oxygens (including phenoxy) is 1. The Hall–Kier alpha value is -3.35. The first kappa shape index (κ1) is 19.6. The van der Waals surface area contributed by atoms with E-state index in [1.807, 2.05) is 60.5 Å². The summed E-state index contributed by atoms with van der Waals surface area (Å²) in [6.45, 7) is 2.39. The van der Waals surface area contributed by atoms with Crippen LogP contribution < -0.4 is 9.64 Å². The Morgan fingerprint density at radius 3 is 2.74 bits per heavy atom. The van der Waals surface area contributed by atoms with Crippen molar-refractivity contribution in [3.63, 3.8) is 0 Å². The van der Waals surface area contributed by atoms with Crippen molar-refractivity contribution >= 4 is 28.5 Å². The number of aromatic nitrogens is 2. The fourth-order valence-electron chi connectivity index (χ4n) is 4.71. The van der Waals surface area contributed by atoms with Gasteiger partial charge in [0.25, 0.3) is 5.91 Å². The number of benzene rings is 2. The van der Waals surface area contributed by atoms with Gasteiger partial charge in [0, 0.05) is 13.6 Å². The molecule has 7 nitrogen and oxygen atoms in total. The number of amides is 2. The second kappa shape index (κ2) is 7.72. The van der Waals surface area contributed by atoms with Crippen molar-refractivity contribution in [1.82, 2.24) is 14.5 Å². The summed E-state index contributed by atoms with van der Waals surface area (Å²) in [5.74, 6) is 1.28. The third kappa shape index (κ3) is 3.34. The zero-order valence-corrected chi connectivity index (χ0v) is 17.8. The van der Waals surface area contributed by atoms with E-state index in [1.54, 1.807) is 11.8 Å². The van der Waals surface area contributed by atoms with E-state index in [-0.39, 0.29) is 24.4 Å². The number of nitrogens with zero attached hydrogens (tertiary/aromatic N) is 4. The number of carbonyl (C=O) groups excluding carboxylic acids is 2. The van der Waals surface area contributed by atoms with E-state index < -0.39 is 6.10 Å². The summed E-state index contributed by atoms with van der Waals surface area (Å²) in [5.41, 5.74) is 2.64. The van der Waals surface area contributed by atoms with Crippen LogP contribution in [0.25, 0.3) is 11.0 Å². The summed E-state index contributed by atoms with van der Waals surface area (Å²) in [6, 6.07) is 15.3. The van der Waals surface area contributed by atoms with E-state index in [1.165, 1.54) is 0 Å². The lowest BCUT2D eigenvalue weighted by Crippen LogP contribution is -2.51. The number of rotatable bonds is 3. The maximum atomic E-state index is 13.5. The van der Waals surface area contributed by atoms with Crippen molar-refractivity contribution in [2.75, 3.05) is 18.0 Å². The first-order valence-electron chi connectivity index (χ1n) is 10.8. The first-order chi connectivity index (χ1) is 15.0. The van der Waals surface area contributed by atoms with Gasteiger partial charge in [-0.25, -0.2) is 4.98 Å². The highest BCUT2D eigenvalue weighted by Gasteiger charge is 2.36. The van der Waals surface area contributed by atoms with Gasteiger partial charge in [-0.2, -0.15) is 0 Å². The Labute approximate surface area is 181 Å². The van der Waals surface area contributed by atoms with Crippen molar-refractivity contribution in [2.45, 2.75) is 38.3 Å². The second-order valence-corrected chi connectivity index (χ2v) is 8.27. The number of imidazole rings is 1. The molecule has 1 fully saturated rings. The first-order valence-corrected chi connectivity index (χ1v) is 10.8. The summed E-state index contributed by atoms with van der Waals surface area (Å²) in [6.07, 6.45) is 2.26. The van der Waals surface area contributed by atoms with Crippen molar-refractivity contribution in [3.05, 3.63) is 54.4 Å². The number of likely N-dealkylation sites (tertiary alicyclic amines) is 1. The lowest BCUT2D eigenvalue weighted by molar-refractivity contribution is -0.136. The maximum Gasteiger partial charge on any atom is 0.268 e. The number of hydrogen-bond donors (Lipinski definition) is 0. The van der Waals surface area contributed by atoms with Crippen LogP contribution in [0.5, 0.6) is 5.75 Å².